The summed E-state index contributed by atoms with van der Waals surface area (Å²) in [5.41, 5.74) is 0. The molecule has 2 aliphatic rings. The van der Waals surface area contributed by atoms with E-state index in [0.717, 1.165) is 39.3 Å². The van der Waals surface area contributed by atoms with Gasteiger partial charge in [-0.15, -0.1) is 0 Å². The lowest BCUT2D eigenvalue weighted by molar-refractivity contribution is 0.0312. The zero-order valence-electron chi connectivity index (χ0n) is 8.89. The van der Waals surface area contributed by atoms with E-state index >= 15 is 0 Å². The van der Waals surface area contributed by atoms with Crippen molar-refractivity contribution < 1.29 is 14.6 Å². The van der Waals surface area contributed by atoms with Gasteiger partial charge in [0.2, 0.25) is 0 Å². The highest BCUT2D eigenvalue weighted by Gasteiger charge is 2.27. The third kappa shape index (κ3) is 2.82. The van der Waals surface area contributed by atoms with Crippen LogP contribution in [0.25, 0.3) is 0 Å². The molecule has 2 heterocycles. The Hall–Kier alpha value is -0.810. The van der Waals surface area contributed by atoms with Crippen molar-refractivity contribution in [1.29, 1.82) is 0 Å². The Morgan fingerprint density at radius 2 is 2.07 bits per heavy atom. The molecule has 15 heavy (non-hydrogen) atoms. The summed E-state index contributed by atoms with van der Waals surface area (Å²) >= 11 is 0. The van der Waals surface area contributed by atoms with Crippen LogP contribution in [0.1, 0.15) is 6.42 Å². The Bertz CT molecular complexity index is 229. The Balaban J connectivity index is 1.74. The molecule has 2 fully saturated rings. The maximum absolute atomic E-state index is 10.7. The highest BCUT2D eigenvalue weighted by molar-refractivity contribution is 5.65. The van der Waals surface area contributed by atoms with E-state index < -0.39 is 6.09 Å². The van der Waals surface area contributed by atoms with Crippen LogP contribution < -0.4 is 0 Å². The number of hydrogen-bond donors (Lipinski definition) is 1. The number of hydrogen-bond acceptors (Lipinski definition) is 3. The Kier molecular flexibility index (Phi) is 3.43. The maximum Gasteiger partial charge on any atom is 0.407 e. The van der Waals surface area contributed by atoms with Crippen LogP contribution in [0.5, 0.6) is 0 Å². The lowest BCUT2D eigenvalue weighted by atomic mass is 10.1. The lowest BCUT2D eigenvalue weighted by Gasteiger charge is -2.28. The summed E-state index contributed by atoms with van der Waals surface area (Å²) in [6.45, 7) is 6.03. The topological polar surface area (TPSA) is 53.0 Å². The Morgan fingerprint density at radius 1 is 1.33 bits per heavy atom. The van der Waals surface area contributed by atoms with Crippen LogP contribution in [0.15, 0.2) is 0 Å². The normalized spacial score (nSPS) is 28.3. The summed E-state index contributed by atoms with van der Waals surface area (Å²) in [5.74, 6) is 0.513. The van der Waals surface area contributed by atoms with Gasteiger partial charge in [0, 0.05) is 32.7 Å². The highest BCUT2D eigenvalue weighted by atomic mass is 16.5. The second-order valence-corrected chi connectivity index (χ2v) is 4.30. The number of amides is 1. The molecule has 0 radical (unpaired) electrons. The molecule has 0 spiro atoms. The predicted molar refractivity (Wildman–Crippen MR) is 55.0 cm³/mol. The molecule has 1 unspecified atom stereocenters. The largest absolute Gasteiger partial charge is 0.465 e. The number of rotatable bonds is 2. The molecule has 0 aromatic rings. The van der Waals surface area contributed by atoms with Gasteiger partial charge >= 0.3 is 6.09 Å². The minimum Gasteiger partial charge on any atom is -0.465 e. The smallest absolute Gasteiger partial charge is 0.407 e. The minimum absolute atomic E-state index is 0.513. The summed E-state index contributed by atoms with van der Waals surface area (Å²) < 4.78 is 5.28. The summed E-state index contributed by atoms with van der Waals surface area (Å²) in [5, 5.41) is 8.83. The minimum atomic E-state index is -0.778. The fourth-order valence-corrected chi connectivity index (χ4v) is 2.30. The van der Waals surface area contributed by atoms with Gasteiger partial charge in [-0.05, 0) is 12.3 Å². The SMILES string of the molecule is O=C(O)N1CCC(CN2CCOCC2)C1. The molecule has 0 aliphatic carbocycles. The Labute approximate surface area is 89.6 Å². The standard InChI is InChI=1S/C10H18N2O3/c13-10(14)12-2-1-9(8-12)7-11-3-5-15-6-4-11/h9H,1-8H2,(H,13,14). The molecule has 1 amide bonds. The Morgan fingerprint density at radius 3 is 2.67 bits per heavy atom. The number of carbonyl (C=O) groups is 1. The summed E-state index contributed by atoms with van der Waals surface area (Å²) in [6.07, 6.45) is 0.225. The quantitative estimate of drug-likeness (QED) is 0.719. The third-order valence-electron chi connectivity index (χ3n) is 3.18. The van der Waals surface area contributed by atoms with Crippen molar-refractivity contribution in [3.8, 4) is 0 Å². The summed E-state index contributed by atoms with van der Waals surface area (Å²) in [4.78, 5) is 14.6. The van der Waals surface area contributed by atoms with Gasteiger partial charge in [0.25, 0.3) is 0 Å². The van der Waals surface area contributed by atoms with Gasteiger partial charge in [-0.2, -0.15) is 0 Å². The van der Waals surface area contributed by atoms with E-state index in [0.29, 0.717) is 19.0 Å². The van der Waals surface area contributed by atoms with Crippen LogP contribution in [0.4, 0.5) is 4.79 Å². The van der Waals surface area contributed by atoms with Crippen LogP contribution in [0, 0.1) is 5.92 Å². The van der Waals surface area contributed by atoms with E-state index in [9.17, 15) is 4.79 Å². The first-order valence-electron chi connectivity index (χ1n) is 5.53. The monoisotopic (exact) mass is 214 g/mol. The van der Waals surface area contributed by atoms with Crippen LogP contribution in [-0.2, 0) is 4.74 Å². The van der Waals surface area contributed by atoms with Crippen molar-refractivity contribution in [2.45, 2.75) is 6.42 Å². The van der Waals surface area contributed by atoms with E-state index in [1.165, 1.54) is 4.90 Å². The molecule has 1 atom stereocenters. The highest BCUT2D eigenvalue weighted by Crippen LogP contribution is 2.17. The first-order valence-corrected chi connectivity index (χ1v) is 5.53. The number of morpholine rings is 1. The van der Waals surface area contributed by atoms with Crippen molar-refractivity contribution in [2.24, 2.45) is 5.92 Å². The molecule has 0 aromatic carbocycles. The van der Waals surface area contributed by atoms with Gasteiger partial charge in [-0.1, -0.05) is 0 Å². The predicted octanol–water partition coefficient (Wildman–Crippen LogP) is 0.319. The van der Waals surface area contributed by atoms with Crippen LogP contribution in [-0.4, -0.2) is 66.9 Å². The number of carboxylic acid groups (broad SMARTS) is 1. The molecule has 2 saturated heterocycles. The van der Waals surface area contributed by atoms with Gasteiger partial charge in [-0.3, -0.25) is 4.90 Å². The molecular weight excluding hydrogens is 196 g/mol. The van der Waals surface area contributed by atoms with Crippen molar-refractivity contribution in [3.05, 3.63) is 0 Å². The average molecular weight is 214 g/mol. The molecule has 5 heteroatoms. The molecule has 5 nitrogen and oxygen atoms in total. The van der Waals surface area contributed by atoms with Gasteiger partial charge in [-0.25, -0.2) is 4.79 Å². The zero-order valence-corrected chi connectivity index (χ0v) is 8.89. The third-order valence-corrected chi connectivity index (χ3v) is 3.18. The number of nitrogens with zero attached hydrogens (tertiary/aromatic N) is 2. The second-order valence-electron chi connectivity index (χ2n) is 4.30. The van der Waals surface area contributed by atoms with E-state index in [-0.39, 0.29) is 0 Å². The van der Waals surface area contributed by atoms with Crippen molar-refractivity contribution >= 4 is 6.09 Å². The van der Waals surface area contributed by atoms with Gasteiger partial charge in [0.05, 0.1) is 13.2 Å². The molecular formula is C10H18N2O3. The van der Waals surface area contributed by atoms with Crippen molar-refractivity contribution in [1.82, 2.24) is 9.80 Å². The second kappa shape index (κ2) is 4.81. The van der Waals surface area contributed by atoms with Crippen LogP contribution in [0.3, 0.4) is 0 Å². The van der Waals surface area contributed by atoms with Gasteiger partial charge in [0.1, 0.15) is 0 Å². The molecule has 0 aromatic heterocycles. The van der Waals surface area contributed by atoms with E-state index in [4.69, 9.17) is 9.84 Å². The van der Waals surface area contributed by atoms with E-state index in [1.54, 1.807) is 0 Å². The van der Waals surface area contributed by atoms with E-state index in [1.807, 2.05) is 0 Å². The zero-order chi connectivity index (χ0) is 10.7. The number of likely N-dealkylation sites (tertiary alicyclic amines) is 1. The molecule has 0 saturated carbocycles. The van der Waals surface area contributed by atoms with Gasteiger partial charge in [0.15, 0.2) is 0 Å². The molecule has 0 bridgehead atoms. The van der Waals surface area contributed by atoms with Crippen molar-refractivity contribution in [3.63, 3.8) is 0 Å². The maximum atomic E-state index is 10.7. The summed E-state index contributed by atoms with van der Waals surface area (Å²) in [7, 11) is 0. The fourth-order valence-electron chi connectivity index (χ4n) is 2.30. The fraction of sp³-hybridized carbons (Fsp3) is 0.900. The molecule has 2 aliphatic heterocycles. The number of ether oxygens (including phenoxy) is 1. The lowest BCUT2D eigenvalue weighted by Crippen LogP contribution is -2.40. The van der Waals surface area contributed by atoms with Crippen LogP contribution in [0.2, 0.25) is 0 Å². The average Bonchev–Trinajstić information content (AvgIpc) is 2.68. The first kappa shape index (κ1) is 10.7. The molecule has 1 N–H and O–H groups in total. The molecule has 86 valence electrons. The van der Waals surface area contributed by atoms with Crippen molar-refractivity contribution in [2.75, 3.05) is 45.9 Å². The van der Waals surface area contributed by atoms with Gasteiger partial charge < -0.3 is 14.7 Å². The summed E-state index contributed by atoms with van der Waals surface area (Å²) in [6, 6.07) is 0. The van der Waals surface area contributed by atoms with Crippen LogP contribution >= 0.6 is 0 Å². The molecule has 2 rings (SSSR count). The first-order chi connectivity index (χ1) is 7.25. The van der Waals surface area contributed by atoms with E-state index in [2.05, 4.69) is 4.90 Å².